The third kappa shape index (κ3) is 3.04. The summed E-state index contributed by atoms with van der Waals surface area (Å²) in [7, 11) is 0. The first-order valence-electron chi connectivity index (χ1n) is 9.43. The van der Waals surface area contributed by atoms with Gasteiger partial charge in [0.05, 0.1) is 22.0 Å². The van der Waals surface area contributed by atoms with Crippen molar-refractivity contribution in [1.82, 2.24) is 14.8 Å². The highest BCUT2D eigenvalue weighted by Gasteiger charge is 2.22. The van der Waals surface area contributed by atoms with E-state index < -0.39 is 0 Å². The number of thiazole rings is 1. The zero-order chi connectivity index (χ0) is 19.3. The van der Waals surface area contributed by atoms with E-state index in [9.17, 15) is 4.79 Å². The third-order valence-electron chi connectivity index (χ3n) is 5.18. The van der Waals surface area contributed by atoms with Gasteiger partial charge in [-0.15, -0.1) is 22.7 Å². The normalized spacial score (nSPS) is 16.3. The Balaban J connectivity index is 1.44. The number of hydrogen-bond acceptors (Lipinski definition) is 5. The Labute approximate surface area is 171 Å². The molecular weight excluding hydrogens is 388 g/mol. The molecule has 142 valence electrons. The quantitative estimate of drug-likeness (QED) is 0.505. The molecule has 4 aromatic rings. The van der Waals surface area contributed by atoms with Gasteiger partial charge >= 0.3 is 0 Å². The first-order valence-corrected chi connectivity index (χ1v) is 11.1. The summed E-state index contributed by atoms with van der Waals surface area (Å²) in [4.78, 5) is 20.5. The van der Waals surface area contributed by atoms with Crippen molar-refractivity contribution in [3.8, 4) is 5.69 Å². The molecule has 1 aliphatic rings. The molecule has 0 saturated carbocycles. The summed E-state index contributed by atoms with van der Waals surface area (Å²) >= 11 is 3.09. The zero-order valence-electron chi connectivity index (χ0n) is 15.7. The molecule has 5 rings (SSSR count). The lowest BCUT2D eigenvalue weighted by atomic mass is 9.93. The number of hydrogen-bond donors (Lipinski definition) is 1. The van der Waals surface area contributed by atoms with Crippen molar-refractivity contribution in [1.29, 1.82) is 0 Å². The van der Waals surface area contributed by atoms with Gasteiger partial charge in [-0.05, 0) is 50.3 Å². The van der Waals surface area contributed by atoms with E-state index in [1.54, 1.807) is 11.3 Å². The lowest BCUT2D eigenvalue weighted by Gasteiger charge is -2.15. The van der Waals surface area contributed by atoms with E-state index >= 15 is 0 Å². The molecule has 1 unspecified atom stereocenters. The number of anilines is 1. The standard InChI is InChI=1S/C21H20N4OS2/c1-12-8-9-16-17(10-12)28-21(22-16)23-19(26)18-11-15-13(2)24-25(20(15)27-18)14-6-4-3-5-7-14/h3-7,11-12H,8-10H2,1-2H3,(H,22,23,26). The van der Waals surface area contributed by atoms with Crippen LogP contribution < -0.4 is 5.32 Å². The lowest BCUT2D eigenvalue weighted by molar-refractivity contribution is 0.103. The lowest BCUT2D eigenvalue weighted by Crippen LogP contribution is -2.10. The molecule has 1 atom stereocenters. The Morgan fingerprint density at radius 1 is 1.25 bits per heavy atom. The minimum Gasteiger partial charge on any atom is -0.297 e. The molecule has 5 nitrogen and oxygen atoms in total. The maximum atomic E-state index is 12.9. The highest BCUT2D eigenvalue weighted by atomic mass is 32.1. The van der Waals surface area contributed by atoms with Crippen LogP contribution in [0.2, 0.25) is 0 Å². The van der Waals surface area contributed by atoms with E-state index in [4.69, 9.17) is 0 Å². The number of aromatic nitrogens is 3. The van der Waals surface area contributed by atoms with Crippen molar-refractivity contribution in [3.05, 3.63) is 57.5 Å². The first-order chi connectivity index (χ1) is 13.6. The zero-order valence-corrected chi connectivity index (χ0v) is 17.4. The van der Waals surface area contributed by atoms with Crippen LogP contribution in [-0.2, 0) is 12.8 Å². The topological polar surface area (TPSA) is 59.8 Å². The number of carbonyl (C=O) groups excluding carboxylic acids is 1. The highest BCUT2D eigenvalue weighted by molar-refractivity contribution is 7.20. The third-order valence-corrected chi connectivity index (χ3v) is 7.32. The number of nitrogens with one attached hydrogen (secondary N) is 1. The molecule has 0 spiro atoms. The monoisotopic (exact) mass is 408 g/mol. The average Bonchev–Trinajstić information content (AvgIpc) is 3.36. The molecule has 0 bridgehead atoms. The fourth-order valence-corrected chi connectivity index (χ4v) is 5.90. The van der Waals surface area contributed by atoms with Gasteiger partial charge in [-0.25, -0.2) is 9.67 Å². The van der Waals surface area contributed by atoms with Gasteiger partial charge in [-0.2, -0.15) is 5.10 Å². The van der Waals surface area contributed by atoms with E-state index in [0.29, 0.717) is 15.9 Å². The van der Waals surface area contributed by atoms with Gasteiger partial charge in [-0.1, -0.05) is 25.1 Å². The summed E-state index contributed by atoms with van der Waals surface area (Å²) in [6, 6.07) is 11.9. The van der Waals surface area contributed by atoms with Crippen molar-refractivity contribution < 1.29 is 4.79 Å². The first kappa shape index (κ1) is 17.6. The second-order valence-electron chi connectivity index (χ2n) is 7.35. The Morgan fingerprint density at radius 3 is 2.89 bits per heavy atom. The minimum atomic E-state index is -0.0978. The summed E-state index contributed by atoms with van der Waals surface area (Å²) in [6.45, 7) is 4.25. The largest absolute Gasteiger partial charge is 0.297 e. The van der Waals surface area contributed by atoms with Crippen LogP contribution in [0.25, 0.3) is 15.9 Å². The smallest absolute Gasteiger partial charge is 0.267 e. The molecule has 3 aromatic heterocycles. The van der Waals surface area contributed by atoms with Crippen LogP contribution in [0.15, 0.2) is 36.4 Å². The van der Waals surface area contributed by atoms with E-state index in [2.05, 4.69) is 22.3 Å². The maximum Gasteiger partial charge on any atom is 0.267 e. The number of nitrogens with zero attached hydrogens (tertiary/aromatic N) is 3. The highest BCUT2D eigenvalue weighted by Crippen LogP contribution is 2.34. The van der Waals surface area contributed by atoms with Crippen molar-refractivity contribution in [2.45, 2.75) is 33.1 Å². The van der Waals surface area contributed by atoms with Crippen LogP contribution >= 0.6 is 22.7 Å². The number of para-hydroxylation sites is 1. The van der Waals surface area contributed by atoms with Crippen LogP contribution in [0.1, 0.15) is 39.3 Å². The molecule has 0 fully saturated rings. The predicted molar refractivity (Wildman–Crippen MR) is 115 cm³/mol. The second-order valence-corrected chi connectivity index (χ2v) is 9.47. The van der Waals surface area contributed by atoms with Crippen molar-refractivity contribution in [2.24, 2.45) is 5.92 Å². The van der Waals surface area contributed by atoms with Gasteiger partial charge in [0.15, 0.2) is 5.13 Å². The van der Waals surface area contributed by atoms with Gasteiger partial charge in [0.2, 0.25) is 0 Å². The SMILES string of the molecule is Cc1nn(-c2ccccc2)c2sc(C(=O)Nc3nc4c(s3)CC(C)CC4)cc12. The van der Waals surface area contributed by atoms with Gasteiger partial charge in [-0.3, -0.25) is 10.1 Å². The summed E-state index contributed by atoms with van der Waals surface area (Å²) in [6.07, 6.45) is 3.26. The van der Waals surface area contributed by atoms with Gasteiger partial charge < -0.3 is 0 Å². The van der Waals surface area contributed by atoms with E-state index in [-0.39, 0.29) is 5.91 Å². The molecule has 0 radical (unpaired) electrons. The molecular formula is C21H20N4OS2. The fourth-order valence-electron chi connectivity index (χ4n) is 3.66. The van der Waals surface area contributed by atoms with Crippen LogP contribution in [0.4, 0.5) is 5.13 Å². The van der Waals surface area contributed by atoms with E-state index in [1.165, 1.54) is 22.6 Å². The number of fused-ring (bicyclic) bond motifs is 2. The van der Waals surface area contributed by atoms with Gasteiger partial charge in [0.1, 0.15) is 4.83 Å². The molecule has 0 aliphatic heterocycles. The van der Waals surface area contributed by atoms with Crippen molar-refractivity contribution >= 4 is 43.9 Å². The summed E-state index contributed by atoms with van der Waals surface area (Å²) in [5.74, 6) is 0.599. The Bertz CT molecular complexity index is 1170. The second kappa shape index (κ2) is 6.83. The number of carbonyl (C=O) groups is 1. The number of aryl methyl sites for hydroxylation is 2. The molecule has 3 heterocycles. The van der Waals surface area contributed by atoms with Crippen molar-refractivity contribution in [2.75, 3.05) is 5.32 Å². The van der Waals surface area contributed by atoms with Crippen LogP contribution in [0.3, 0.4) is 0 Å². The average molecular weight is 409 g/mol. The Hall–Kier alpha value is -2.51. The minimum absolute atomic E-state index is 0.0978. The Kier molecular flexibility index (Phi) is 4.29. The number of benzene rings is 1. The van der Waals surface area contributed by atoms with E-state index in [1.807, 2.05) is 48.0 Å². The van der Waals surface area contributed by atoms with Crippen LogP contribution in [-0.4, -0.2) is 20.7 Å². The summed E-state index contributed by atoms with van der Waals surface area (Å²) in [5, 5.41) is 9.38. The van der Waals surface area contributed by atoms with E-state index in [0.717, 1.165) is 40.1 Å². The molecule has 0 saturated heterocycles. The summed E-state index contributed by atoms with van der Waals surface area (Å²) in [5.41, 5.74) is 3.08. The molecule has 1 aromatic carbocycles. The molecule has 1 N–H and O–H groups in total. The predicted octanol–water partition coefficient (Wildman–Crippen LogP) is 5.23. The van der Waals surface area contributed by atoms with Gasteiger partial charge in [0.25, 0.3) is 5.91 Å². The molecule has 1 aliphatic carbocycles. The van der Waals surface area contributed by atoms with Crippen LogP contribution in [0.5, 0.6) is 0 Å². The molecule has 1 amide bonds. The molecule has 7 heteroatoms. The Morgan fingerprint density at radius 2 is 2.07 bits per heavy atom. The fraction of sp³-hybridized carbons (Fsp3) is 0.286. The van der Waals surface area contributed by atoms with Gasteiger partial charge in [0, 0.05) is 10.3 Å². The summed E-state index contributed by atoms with van der Waals surface area (Å²) < 4.78 is 1.91. The van der Waals surface area contributed by atoms with Crippen LogP contribution in [0, 0.1) is 12.8 Å². The maximum absolute atomic E-state index is 12.9. The number of rotatable bonds is 3. The van der Waals surface area contributed by atoms with Crippen molar-refractivity contribution in [3.63, 3.8) is 0 Å². The molecule has 28 heavy (non-hydrogen) atoms. The number of amides is 1. The number of thiophene rings is 1.